The van der Waals surface area contributed by atoms with Gasteiger partial charge < -0.3 is 4.98 Å². The van der Waals surface area contributed by atoms with Crippen molar-refractivity contribution in [3.8, 4) is 0 Å². The summed E-state index contributed by atoms with van der Waals surface area (Å²) in [7, 11) is 0. The first-order valence-corrected chi connectivity index (χ1v) is 3.92. The molecule has 0 unspecified atom stereocenters. The van der Waals surface area contributed by atoms with Crippen molar-refractivity contribution in [1.29, 1.82) is 0 Å². The topological polar surface area (TPSA) is 45.8 Å². The zero-order valence-electron chi connectivity index (χ0n) is 5.73. The quantitative estimate of drug-likeness (QED) is 0.698. The van der Waals surface area contributed by atoms with Crippen molar-refractivity contribution in [2.24, 2.45) is 0 Å². The van der Waals surface area contributed by atoms with Gasteiger partial charge in [0.2, 0.25) is 0 Å². The van der Waals surface area contributed by atoms with Crippen LogP contribution in [0.3, 0.4) is 0 Å². The van der Waals surface area contributed by atoms with Crippen LogP contribution in [0.15, 0.2) is 4.79 Å². The maximum absolute atomic E-state index is 10.7. The van der Waals surface area contributed by atoms with Crippen LogP contribution in [0.2, 0.25) is 0 Å². The molecule has 0 bridgehead atoms. The molecule has 0 spiro atoms. The Balaban J connectivity index is 3.46. The van der Waals surface area contributed by atoms with Crippen molar-refractivity contribution in [2.75, 3.05) is 0 Å². The molecule has 0 saturated heterocycles. The lowest BCUT2D eigenvalue weighted by Gasteiger charge is -1.97. The molecule has 0 aliphatic carbocycles. The van der Waals surface area contributed by atoms with Crippen LogP contribution in [0.5, 0.6) is 0 Å². The molecule has 1 aromatic rings. The third-order valence-corrected chi connectivity index (χ3v) is 2.80. The fourth-order valence-electron chi connectivity index (χ4n) is 0.716. The van der Waals surface area contributed by atoms with Crippen molar-refractivity contribution in [2.45, 2.75) is 13.8 Å². The number of nitrogens with zero attached hydrogens (tertiary/aromatic N) is 1. The Bertz CT molecular complexity index is 279. The molecule has 10 heavy (non-hydrogen) atoms. The number of nitrogens with one attached hydrogen (secondary N) is 1. The first-order chi connectivity index (χ1) is 4.61. The molecule has 0 radical (unpaired) electrons. The third kappa shape index (κ3) is 1.36. The van der Waals surface area contributed by atoms with E-state index in [1.807, 2.05) is 13.8 Å². The first-order valence-electron chi connectivity index (χ1n) is 2.84. The molecule has 0 atom stereocenters. The highest BCUT2D eigenvalue weighted by Gasteiger charge is 1.99. The van der Waals surface area contributed by atoms with Gasteiger partial charge in [0.1, 0.15) is 0 Å². The summed E-state index contributed by atoms with van der Waals surface area (Å²) in [5.41, 5.74) is 1.41. The van der Waals surface area contributed by atoms with Crippen LogP contribution in [-0.4, -0.2) is 9.97 Å². The van der Waals surface area contributed by atoms with E-state index in [2.05, 4.69) is 32.6 Å². The Morgan fingerprint density at radius 1 is 1.50 bits per heavy atom. The minimum Gasteiger partial charge on any atom is -0.309 e. The van der Waals surface area contributed by atoms with Crippen LogP contribution in [0.25, 0.3) is 0 Å². The van der Waals surface area contributed by atoms with Gasteiger partial charge in [-0.1, -0.05) is 0 Å². The standard InChI is InChI=1S/C6H7IN2O/c1-3-5(7)4(2)9-6(10)8-3/h1-2H3,(H,8,9,10). The Morgan fingerprint density at radius 3 is 2.60 bits per heavy atom. The van der Waals surface area contributed by atoms with Crippen molar-refractivity contribution in [1.82, 2.24) is 9.97 Å². The Kier molecular flexibility index (Phi) is 2.08. The van der Waals surface area contributed by atoms with Gasteiger partial charge in [-0.3, -0.25) is 0 Å². The molecule has 0 amide bonds. The highest BCUT2D eigenvalue weighted by molar-refractivity contribution is 14.1. The van der Waals surface area contributed by atoms with E-state index in [4.69, 9.17) is 0 Å². The second kappa shape index (κ2) is 2.69. The average molecular weight is 250 g/mol. The van der Waals surface area contributed by atoms with Crippen LogP contribution in [0, 0.1) is 17.4 Å². The summed E-state index contributed by atoms with van der Waals surface area (Å²) >= 11 is 2.15. The third-order valence-electron chi connectivity index (χ3n) is 1.21. The zero-order valence-corrected chi connectivity index (χ0v) is 7.89. The summed E-state index contributed by atoms with van der Waals surface area (Å²) in [5, 5.41) is 0. The molecule has 0 aromatic carbocycles. The normalized spacial score (nSPS) is 9.90. The van der Waals surface area contributed by atoms with E-state index in [1.165, 1.54) is 0 Å². The number of hydrogen-bond donors (Lipinski definition) is 1. The number of aromatic amines is 1. The van der Waals surface area contributed by atoms with Crippen molar-refractivity contribution >= 4 is 22.6 Å². The summed E-state index contributed by atoms with van der Waals surface area (Å²) in [4.78, 5) is 17.0. The van der Waals surface area contributed by atoms with E-state index in [-0.39, 0.29) is 5.69 Å². The SMILES string of the molecule is Cc1nc(=O)[nH]c(C)c1I. The molecule has 0 saturated carbocycles. The molecule has 4 heteroatoms. The predicted octanol–water partition coefficient (Wildman–Crippen LogP) is 0.991. The summed E-state index contributed by atoms with van der Waals surface area (Å²) in [6.45, 7) is 3.68. The fourth-order valence-corrected chi connectivity index (χ4v) is 0.971. The minimum atomic E-state index is -0.268. The lowest BCUT2D eigenvalue weighted by Crippen LogP contribution is -2.14. The molecular weight excluding hydrogens is 243 g/mol. The molecule has 3 nitrogen and oxygen atoms in total. The van der Waals surface area contributed by atoms with Gasteiger partial charge in [-0.2, -0.15) is 4.98 Å². The number of aromatic nitrogens is 2. The molecule has 0 aliphatic heterocycles. The van der Waals surface area contributed by atoms with E-state index in [0.29, 0.717) is 0 Å². The van der Waals surface area contributed by atoms with Gasteiger partial charge in [-0.15, -0.1) is 0 Å². The largest absolute Gasteiger partial charge is 0.345 e. The van der Waals surface area contributed by atoms with Crippen molar-refractivity contribution in [3.05, 3.63) is 25.4 Å². The van der Waals surface area contributed by atoms with Gasteiger partial charge in [0.15, 0.2) is 0 Å². The molecule has 1 rings (SSSR count). The number of aryl methyl sites for hydroxylation is 2. The molecule has 0 fully saturated rings. The number of rotatable bonds is 0. The first kappa shape index (κ1) is 7.71. The van der Waals surface area contributed by atoms with E-state index in [9.17, 15) is 4.79 Å². The van der Waals surface area contributed by atoms with Crippen molar-refractivity contribution < 1.29 is 0 Å². The smallest absolute Gasteiger partial charge is 0.309 e. The summed E-state index contributed by atoms with van der Waals surface area (Å²) < 4.78 is 1.03. The minimum absolute atomic E-state index is 0.268. The molecular formula is C6H7IN2O. The highest BCUT2D eigenvalue weighted by atomic mass is 127. The predicted molar refractivity (Wildman–Crippen MR) is 47.0 cm³/mol. The lowest BCUT2D eigenvalue weighted by atomic mass is 10.4. The van der Waals surface area contributed by atoms with Crippen molar-refractivity contribution in [3.63, 3.8) is 0 Å². The second-order valence-electron chi connectivity index (χ2n) is 2.07. The monoisotopic (exact) mass is 250 g/mol. The van der Waals surface area contributed by atoms with Gasteiger partial charge in [0, 0.05) is 5.69 Å². The molecule has 1 N–H and O–H groups in total. The van der Waals surface area contributed by atoms with Gasteiger partial charge in [-0.25, -0.2) is 4.79 Å². The summed E-state index contributed by atoms with van der Waals surface area (Å²) in [6, 6.07) is 0. The fraction of sp³-hybridized carbons (Fsp3) is 0.333. The molecule has 0 aliphatic rings. The maximum Gasteiger partial charge on any atom is 0.345 e. The van der Waals surface area contributed by atoms with Crippen LogP contribution in [-0.2, 0) is 0 Å². The van der Waals surface area contributed by atoms with E-state index in [1.54, 1.807) is 0 Å². The number of hydrogen-bond acceptors (Lipinski definition) is 2. The Morgan fingerprint density at radius 2 is 2.10 bits per heavy atom. The van der Waals surface area contributed by atoms with Crippen LogP contribution in [0.4, 0.5) is 0 Å². The summed E-state index contributed by atoms with van der Waals surface area (Å²) in [5.74, 6) is 0. The Hall–Kier alpha value is -0.390. The molecule has 1 heterocycles. The van der Waals surface area contributed by atoms with Gasteiger partial charge >= 0.3 is 5.69 Å². The summed E-state index contributed by atoms with van der Waals surface area (Å²) in [6.07, 6.45) is 0. The van der Waals surface area contributed by atoms with Crippen LogP contribution in [0.1, 0.15) is 11.4 Å². The Labute approximate surface area is 72.0 Å². The number of halogens is 1. The zero-order chi connectivity index (χ0) is 7.72. The van der Waals surface area contributed by atoms with Gasteiger partial charge in [0.25, 0.3) is 0 Å². The molecule has 54 valence electrons. The van der Waals surface area contributed by atoms with E-state index >= 15 is 0 Å². The van der Waals surface area contributed by atoms with Crippen LogP contribution >= 0.6 is 22.6 Å². The highest BCUT2D eigenvalue weighted by Crippen LogP contribution is 2.08. The lowest BCUT2D eigenvalue weighted by molar-refractivity contribution is 0.970. The van der Waals surface area contributed by atoms with Gasteiger partial charge in [0.05, 0.1) is 9.26 Å². The van der Waals surface area contributed by atoms with Gasteiger partial charge in [-0.05, 0) is 36.4 Å². The maximum atomic E-state index is 10.7. The number of H-pyrrole nitrogens is 1. The second-order valence-corrected chi connectivity index (χ2v) is 3.15. The van der Waals surface area contributed by atoms with Crippen LogP contribution < -0.4 is 5.69 Å². The van der Waals surface area contributed by atoms with E-state index < -0.39 is 0 Å². The average Bonchev–Trinajstić information content (AvgIpc) is 1.82. The molecule has 1 aromatic heterocycles. The van der Waals surface area contributed by atoms with E-state index in [0.717, 1.165) is 15.0 Å².